The van der Waals surface area contributed by atoms with E-state index < -0.39 is 23.0 Å². The SMILES string of the molecule is O=C(O)CN1CCC(NS(=O)c2cnc(N3CCCC3)s2)C1=O. The number of amides is 1. The van der Waals surface area contributed by atoms with Gasteiger partial charge in [0.2, 0.25) is 5.91 Å². The zero-order valence-electron chi connectivity index (χ0n) is 12.4. The van der Waals surface area contributed by atoms with Gasteiger partial charge in [-0.3, -0.25) is 9.59 Å². The highest BCUT2D eigenvalue weighted by molar-refractivity contribution is 7.85. The highest BCUT2D eigenvalue weighted by atomic mass is 32.2. The Hall–Kier alpha value is -1.52. The van der Waals surface area contributed by atoms with Crippen LogP contribution in [0.3, 0.4) is 0 Å². The van der Waals surface area contributed by atoms with Crippen molar-refractivity contribution in [1.29, 1.82) is 0 Å². The van der Waals surface area contributed by atoms with E-state index >= 15 is 0 Å². The molecule has 1 amide bonds. The number of carboxylic acids is 1. The van der Waals surface area contributed by atoms with Crippen molar-refractivity contribution in [2.24, 2.45) is 0 Å². The third kappa shape index (κ3) is 3.70. The molecule has 0 spiro atoms. The zero-order valence-corrected chi connectivity index (χ0v) is 14.1. The summed E-state index contributed by atoms with van der Waals surface area (Å²) < 4.78 is 15.7. The van der Waals surface area contributed by atoms with Crippen LogP contribution in [-0.4, -0.2) is 63.3 Å². The summed E-state index contributed by atoms with van der Waals surface area (Å²) in [5.41, 5.74) is 0. The summed E-state index contributed by atoms with van der Waals surface area (Å²) in [4.78, 5) is 30.5. The summed E-state index contributed by atoms with van der Waals surface area (Å²) >= 11 is 1.37. The fourth-order valence-electron chi connectivity index (χ4n) is 2.75. The van der Waals surface area contributed by atoms with Crippen LogP contribution in [0.4, 0.5) is 5.13 Å². The van der Waals surface area contributed by atoms with Crippen molar-refractivity contribution in [3.8, 4) is 0 Å². The molecule has 2 unspecified atom stereocenters. The molecule has 3 rings (SSSR count). The number of hydrogen-bond donors (Lipinski definition) is 2. The molecule has 1 aromatic rings. The van der Waals surface area contributed by atoms with Crippen LogP contribution >= 0.6 is 11.3 Å². The first-order chi connectivity index (χ1) is 11.0. The topological polar surface area (TPSA) is 103 Å². The molecule has 2 aliphatic heterocycles. The number of nitrogens with zero attached hydrogens (tertiary/aromatic N) is 3. The summed E-state index contributed by atoms with van der Waals surface area (Å²) in [6.07, 6.45) is 4.32. The first-order valence-corrected chi connectivity index (χ1v) is 9.40. The van der Waals surface area contributed by atoms with Crippen LogP contribution in [0.25, 0.3) is 0 Å². The fraction of sp³-hybridized carbons (Fsp3) is 0.615. The van der Waals surface area contributed by atoms with Gasteiger partial charge >= 0.3 is 5.97 Å². The van der Waals surface area contributed by atoms with Crippen molar-refractivity contribution in [2.75, 3.05) is 31.1 Å². The number of anilines is 1. The molecule has 0 aromatic carbocycles. The van der Waals surface area contributed by atoms with E-state index in [1.165, 1.54) is 16.2 Å². The predicted octanol–water partition coefficient (Wildman–Crippen LogP) is 0.0410. The van der Waals surface area contributed by atoms with Gasteiger partial charge in [0.05, 0.1) is 6.20 Å². The van der Waals surface area contributed by atoms with Crippen LogP contribution in [0.2, 0.25) is 0 Å². The number of carbonyl (C=O) groups excluding carboxylic acids is 1. The van der Waals surface area contributed by atoms with Crippen LogP contribution < -0.4 is 9.62 Å². The van der Waals surface area contributed by atoms with E-state index in [0.717, 1.165) is 31.1 Å². The van der Waals surface area contributed by atoms with Crippen molar-refractivity contribution in [2.45, 2.75) is 29.5 Å². The Morgan fingerprint density at radius 2 is 2.17 bits per heavy atom. The number of thiazole rings is 1. The minimum absolute atomic E-state index is 0.315. The number of carbonyl (C=O) groups is 2. The maximum atomic E-state index is 12.4. The lowest BCUT2D eigenvalue weighted by atomic mass is 10.3. The molecule has 126 valence electrons. The number of hydrogen-bond acceptors (Lipinski definition) is 6. The molecule has 2 fully saturated rings. The monoisotopic (exact) mass is 358 g/mol. The van der Waals surface area contributed by atoms with Gasteiger partial charge in [0.25, 0.3) is 0 Å². The van der Waals surface area contributed by atoms with Gasteiger partial charge in [-0.05, 0) is 19.3 Å². The molecule has 8 nitrogen and oxygen atoms in total. The van der Waals surface area contributed by atoms with Crippen LogP contribution in [-0.2, 0) is 20.6 Å². The second-order valence-corrected chi connectivity index (χ2v) is 8.02. The first kappa shape index (κ1) is 16.3. The van der Waals surface area contributed by atoms with E-state index in [2.05, 4.69) is 14.6 Å². The largest absolute Gasteiger partial charge is 0.480 e. The van der Waals surface area contributed by atoms with Gasteiger partial charge < -0.3 is 14.9 Å². The van der Waals surface area contributed by atoms with Gasteiger partial charge in [0.15, 0.2) is 5.13 Å². The standard InChI is InChI=1S/C13H18N4O4S2/c18-10(19)8-17-6-3-9(12(17)20)15-23(21)11-7-14-13(22-11)16-4-1-2-5-16/h7,9,15H,1-6,8H2,(H,18,19). The second-order valence-electron chi connectivity index (χ2n) is 5.54. The highest BCUT2D eigenvalue weighted by Crippen LogP contribution is 2.27. The molecular formula is C13H18N4O4S2. The molecule has 2 atom stereocenters. The molecular weight excluding hydrogens is 340 g/mol. The Bertz CT molecular complexity index is 629. The summed E-state index contributed by atoms with van der Waals surface area (Å²) in [5, 5.41) is 9.62. The number of nitrogens with one attached hydrogen (secondary N) is 1. The third-order valence-electron chi connectivity index (χ3n) is 3.90. The van der Waals surface area contributed by atoms with E-state index in [1.54, 1.807) is 6.20 Å². The smallest absolute Gasteiger partial charge is 0.323 e. The van der Waals surface area contributed by atoms with Crippen LogP contribution in [0.5, 0.6) is 0 Å². The maximum Gasteiger partial charge on any atom is 0.323 e. The average molecular weight is 358 g/mol. The van der Waals surface area contributed by atoms with Crippen LogP contribution in [0.1, 0.15) is 19.3 Å². The summed E-state index contributed by atoms with van der Waals surface area (Å²) in [7, 11) is -1.52. The quantitative estimate of drug-likeness (QED) is 0.744. The first-order valence-electron chi connectivity index (χ1n) is 7.44. The zero-order chi connectivity index (χ0) is 16.4. The predicted molar refractivity (Wildman–Crippen MR) is 85.7 cm³/mol. The van der Waals surface area contributed by atoms with E-state index in [9.17, 15) is 13.8 Å². The molecule has 2 aliphatic rings. The van der Waals surface area contributed by atoms with Gasteiger partial charge in [-0.25, -0.2) is 13.9 Å². The van der Waals surface area contributed by atoms with Crippen molar-refractivity contribution in [1.82, 2.24) is 14.6 Å². The lowest BCUT2D eigenvalue weighted by Gasteiger charge is -2.14. The van der Waals surface area contributed by atoms with Crippen LogP contribution in [0, 0.1) is 0 Å². The van der Waals surface area contributed by atoms with Crippen LogP contribution in [0.15, 0.2) is 10.4 Å². The normalized spacial score (nSPS) is 22.8. The lowest BCUT2D eigenvalue weighted by Crippen LogP contribution is -2.40. The van der Waals surface area contributed by atoms with Gasteiger partial charge in [0.1, 0.15) is 27.8 Å². The number of rotatable bonds is 6. The van der Waals surface area contributed by atoms with Gasteiger partial charge in [0, 0.05) is 19.6 Å². The van der Waals surface area contributed by atoms with E-state index in [-0.39, 0.29) is 12.5 Å². The number of carboxylic acid groups (broad SMARTS) is 1. The lowest BCUT2D eigenvalue weighted by molar-refractivity contribution is -0.143. The third-order valence-corrected chi connectivity index (χ3v) is 6.43. The van der Waals surface area contributed by atoms with Crippen molar-refractivity contribution in [3.05, 3.63) is 6.20 Å². The highest BCUT2D eigenvalue weighted by Gasteiger charge is 2.34. The molecule has 23 heavy (non-hydrogen) atoms. The second kappa shape index (κ2) is 6.93. The molecule has 0 bridgehead atoms. The summed E-state index contributed by atoms with van der Waals surface area (Å²) in [5.74, 6) is -1.36. The van der Waals surface area contributed by atoms with Gasteiger partial charge in [-0.2, -0.15) is 0 Å². The molecule has 0 saturated carbocycles. The molecule has 3 heterocycles. The van der Waals surface area contributed by atoms with Gasteiger partial charge in [-0.1, -0.05) is 11.3 Å². The Morgan fingerprint density at radius 1 is 1.43 bits per heavy atom. The number of aromatic nitrogens is 1. The average Bonchev–Trinajstić information content (AvgIpc) is 3.22. The van der Waals surface area contributed by atoms with Crippen molar-refractivity contribution < 1.29 is 18.9 Å². The molecule has 2 saturated heterocycles. The van der Waals surface area contributed by atoms with E-state index in [4.69, 9.17) is 5.11 Å². The number of likely N-dealkylation sites (tertiary alicyclic amines) is 1. The molecule has 0 radical (unpaired) electrons. The Balaban J connectivity index is 1.59. The fourth-order valence-corrected chi connectivity index (χ4v) is 4.86. The maximum absolute atomic E-state index is 12.4. The van der Waals surface area contributed by atoms with Gasteiger partial charge in [-0.15, -0.1) is 0 Å². The van der Waals surface area contributed by atoms with E-state index in [0.29, 0.717) is 17.2 Å². The number of aliphatic carboxylic acids is 1. The minimum atomic E-state index is -1.52. The molecule has 10 heteroatoms. The molecule has 2 N–H and O–H groups in total. The van der Waals surface area contributed by atoms with Crippen molar-refractivity contribution >= 4 is 39.3 Å². The Kier molecular flexibility index (Phi) is 4.93. The molecule has 1 aromatic heterocycles. The summed E-state index contributed by atoms with van der Waals surface area (Å²) in [6.45, 7) is 1.99. The Morgan fingerprint density at radius 3 is 2.87 bits per heavy atom. The minimum Gasteiger partial charge on any atom is -0.480 e. The van der Waals surface area contributed by atoms with E-state index in [1.807, 2.05) is 0 Å². The van der Waals surface area contributed by atoms with Crippen molar-refractivity contribution in [3.63, 3.8) is 0 Å². The Labute approximate surface area is 140 Å². The summed E-state index contributed by atoms with van der Waals surface area (Å²) in [6, 6.07) is -0.604. The molecule has 0 aliphatic carbocycles.